The van der Waals surface area contributed by atoms with Crippen molar-refractivity contribution >= 4 is 33.1 Å². The van der Waals surface area contributed by atoms with Crippen molar-refractivity contribution in [1.29, 1.82) is 0 Å². The Hall–Kier alpha value is -3.07. The van der Waals surface area contributed by atoms with Crippen LogP contribution in [0.4, 0.5) is 5.69 Å². The molecule has 8 nitrogen and oxygen atoms in total. The maximum atomic E-state index is 13.0. The molecule has 3 aromatic rings. The predicted octanol–water partition coefficient (Wildman–Crippen LogP) is 2.94. The van der Waals surface area contributed by atoms with Crippen LogP contribution in [-0.2, 0) is 12.8 Å². The number of nitrogens with one attached hydrogen (secondary N) is 1. The Kier molecular flexibility index (Phi) is 4.23. The van der Waals surface area contributed by atoms with E-state index in [9.17, 15) is 19.7 Å². The monoisotopic (exact) mass is 384 g/mol. The molecule has 0 unspecified atom stereocenters. The summed E-state index contributed by atoms with van der Waals surface area (Å²) in [5.41, 5.74) is 3.18. The second-order valence-corrected chi connectivity index (χ2v) is 7.52. The second kappa shape index (κ2) is 6.58. The molecular weight excluding hydrogens is 368 g/mol. The van der Waals surface area contributed by atoms with Gasteiger partial charge < -0.3 is 0 Å². The van der Waals surface area contributed by atoms with Crippen LogP contribution >= 0.6 is 11.3 Å². The number of hydrogen-bond donors (Lipinski definition) is 1. The summed E-state index contributed by atoms with van der Waals surface area (Å²) in [6.45, 7) is 1.65. The average molecular weight is 384 g/mol. The first kappa shape index (κ1) is 17.3. The van der Waals surface area contributed by atoms with Crippen LogP contribution in [-0.4, -0.2) is 20.5 Å². The summed E-state index contributed by atoms with van der Waals surface area (Å²) in [6.07, 6.45) is 3.94. The van der Waals surface area contributed by atoms with Crippen LogP contribution < -0.4 is 11.0 Å². The van der Waals surface area contributed by atoms with Gasteiger partial charge in [-0.2, -0.15) is 0 Å². The minimum Gasteiger partial charge on any atom is -0.267 e. The first-order valence-electron chi connectivity index (χ1n) is 8.55. The van der Waals surface area contributed by atoms with E-state index in [1.54, 1.807) is 18.3 Å². The number of fused-ring (bicyclic) bond motifs is 3. The number of aryl methyl sites for hydroxylation is 3. The average Bonchev–Trinajstić information content (AvgIpc) is 3.03. The summed E-state index contributed by atoms with van der Waals surface area (Å²) in [6, 6.07) is 5.37. The van der Waals surface area contributed by atoms with Gasteiger partial charge in [-0.3, -0.25) is 25.1 Å². The van der Waals surface area contributed by atoms with Gasteiger partial charge in [0, 0.05) is 22.6 Å². The van der Waals surface area contributed by atoms with Crippen LogP contribution in [0.15, 0.2) is 29.1 Å². The van der Waals surface area contributed by atoms with E-state index < -0.39 is 10.8 Å². The molecule has 0 atom stereocenters. The van der Waals surface area contributed by atoms with E-state index in [1.807, 2.05) is 0 Å². The number of aromatic nitrogens is 2. The molecule has 9 heteroatoms. The number of carbonyl (C=O) groups is 1. The van der Waals surface area contributed by atoms with E-state index in [4.69, 9.17) is 0 Å². The number of amides is 1. The highest BCUT2D eigenvalue weighted by Crippen LogP contribution is 2.33. The molecule has 1 aliphatic rings. The lowest BCUT2D eigenvalue weighted by Crippen LogP contribution is -2.35. The number of nitrogens with zero attached hydrogens (tertiary/aromatic N) is 3. The fourth-order valence-corrected chi connectivity index (χ4v) is 4.66. The van der Waals surface area contributed by atoms with Gasteiger partial charge in [0.2, 0.25) is 0 Å². The molecule has 1 aliphatic carbocycles. The van der Waals surface area contributed by atoms with Gasteiger partial charge in [-0.15, -0.1) is 11.3 Å². The molecule has 0 aliphatic heterocycles. The maximum absolute atomic E-state index is 13.0. The predicted molar refractivity (Wildman–Crippen MR) is 102 cm³/mol. The zero-order chi connectivity index (χ0) is 19.1. The number of thiophene rings is 1. The van der Waals surface area contributed by atoms with Crippen molar-refractivity contribution in [2.75, 3.05) is 5.43 Å². The highest BCUT2D eigenvalue weighted by molar-refractivity contribution is 7.18. The van der Waals surface area contributed by atoms with Gasteiger partial charge in [0.05, 0.1) is 10.3 Å². The summed E-state index contributed by atoms with van der Waals surface area (Å²) >= 11 is 1.55. The van der Waals surface area contributed by atoms with Crippen molar-refractivity contribution in [3.63, 3.8) is 0 Å². The van der Waals surface area contributed by atoms with E-state index in [1.165, 1.54) is 29.1 Å². The fraction of sp³-hybridized carbons (Fsp3) is 0.278. The quantitative estimate of drug-likeness (QED) is 0.552. The van der Waals surface area contributed by atoms with E-state index >= 15 is 0 Å². The van der Waals surface area contributed by atoms with Gasteiger partial charge in [-0.25, -0.2) is 9.66 Å². The molecule has 2 heterocycles. The molecule has 138 valence electrons. The van der Waals surface area contributed by atoms with Gasteiger partial charge >= 0.3 is 0 Å². The molecule has 1 aromatic carbocycles. The number of benzene rings is 1. The molecule has 0 fully saturated rings. The normalized spacial score (nSPS) is 13.4. The van der Waals surface area contributed by atoms with Crippen LogP contribution in [0.5, 0.6) is 0 Å². The van der Waals surface area contributed by atoms with Gasteiger partial charge in [0.15, 0.2) is 0 Å². The Labute approximate surface area is 157 Å². The van der Waals surface area contributed by atoms with Crippen molar-refractivity contribution in [2.24, 2.45) is 0 Å². The number of nitro groups is 1. The molecule has 4 rings (SSSR count). The third-order valence-electron chi connectivity index (χ3n) is 4.69. The van der Waals surface area contributed by atoms with Crippen LogP contribution in [0.2, 0.25) is 0 Å². The highest BCUT2D eigenvalue weighted by atomic mass is 32.1. The first-order chi connectivity index (χ1) is 13.0. The molecule has 0 radical (unpaired) electrons. The Bertz CT molecular complexity index is 1150. The van der Waals surface area contributed by atoms with Crippen molar-refractivity contribution < 1.29 is 9.72 Å². The summed E-state index contributed by atoms with van der Waals surface area (Å²) < 4.78 is 1.13. The van der Waals surface area contributed by atoms with Crippen LogP contribution in [0.3, 0.4) is 0 Å². The van der Waals surface area contributed by atoms with Crippen molar-refractivity contribution in [3.8, 4) is 0 Å². The summed E-state index contributed by atoms with van der Waals surface area (Å²) in [5.74, 6) is -0.237. The van der Waals surface area contributed by atoms with Gasteiger partial charge in [0.25, 0.3) is 17.2 Å². The molecular formula is C18H16N4O4S. The van der Waals surface area contributed by atoms with Gasteiger partial charge in [-0.1, -0.05) is 6.07 Å². The second-order valence-electron chi connectivity index (χ2n) is 6.44. The molecule has 0 saturated heterocycles. The van der Waals surface area contributed by atoms with Crippen LogP contribution in [0.25, 0.3) is 10.2 Å². The first-order valence-corrected chi connectivity index (χ1v) is 9.37. The third kappa shape index (κ3) is 2.99. The molecule has 1 amide bonds. The topological polar surface area (TPSA) is 107 Å². The number of non-ortho nitro benzene ring substituents is 1. The van der Waals surface area contributed by atoms with E-state index in [0.29, 0.717) is 16.0 Å². The Morgan fingerprint density at radius 3 is 2.89 bits per heavy atom. The lowest BCUT2D eigenvalue weighted by molar-refractivity contribution is -0.384. The summed E-state index contributed by atoms with van der Waals surface area (Å²) in [5, 5.41) is 11.5. The van der Waals surface area contributed by atoms with Gasteiger partial charge in [0.1, 0.15) is 10.7 Å². The lowest BCUT2D eigenvalue weighted by atomic mass is 9.97. The minimum atomic E-state index is -0.603. The van der Waals surface area contributed by atoms with Crippen molar-refractivity contribution in [3.05, 3.63) is 66.6 Å². The summed E-state index contributed by atoms with van der Waals surface area (Å²) in [7, 11) is 0. The van der Waals surface area contributed by atoms with Crippen LogP contribution in [0, 0.1) is 17.0 Å². The molecule has 27 heavy (non-hydrogen) atoms. The Morgan fingerprint density at radius 2 is 2.11 bits per heavy atom. The molecule has 0 bridgehead atoms. The number of carbonyl (C=O) groups excluding carboxylic acids is 1. The van der Waals surface area contributed by atoms with Crippen LogP contribution in [0.1, 0.15) is 39.5 Å². The largest absolute Gasteiger partial charge is 0.281 e. The number of rotatable bonds is 3. The molecule has 1 N–H and O–H groups in total. The van der Waals surface area contributed by atoms with E-state index in [-0.39, 0.29) is 16.8 Å². The lowest BCUT2D eigenvalue weighted by Gasteiger charge is -2.12. The molecule has 0 saturated carbocycles. The van der Waals surface area contributed by atoms with Crippen molar-refractivity contribution in [1.82, 2.24) is 9.66 Å². The fourth-order valence-electron chi connectivity index (χ4n) is 3.36. The molecule has 2 aromatic heterocycles. The number of hydrogen-bond acceptors (Lipinski definition) is 6. The highest BCUT2D eigenvalue weighted by Gasteiger charge is 2.22. The smallest absolute Gasteiger partial charge is 0.267 e. The molecule has 0 spiro atoms. The van der Waals surface area contributed by atoms with E-state index in [0.717, 1.165) is 35.9 Å². The zero-order valence-corrected chi connectivity index (χ0v) is 15.3. The Balaban J connectivity index is 1.76. The SMILES string of the molecule is Cc1nc2sc3c(c2c(=O)n1NC(=O)c1cccc([N+](=O)[O-])c1)CCCC3. The van der Waals surface area contributed by atoms with E-state index in [2.05, 4.69) is 10.4 Å². The zero-order valence-electron chi connectivity index (χ0n) is 14.5. The maximum Gasteiger partial charge on any atom is 0.281 e. The Morgan fingerprint density at radius 1 is 1.33 bits per heavy atom. The number of nitro benzene ring substituents is 1. The third-order valence-corrected chi connectivity index (χ3v) is 5.87. The van der Waals surface area contributed by atoms with Crippen molar-refractivity contribution in [2.45, 2.75) is 32.6 Å². The minimum absolute atomic E-state index is 0.0999. The van der Waals surface area contributed by atoms with Gasteiger partial charge in [-0.05, 0) is 44.2 Å². The standard InChI is InChI=1S/C18H16N4O4S/c1-10-19-17-15(13-7-2-3-8-14(13)27-17)18(24)21(10)20-16(23)11-5-4-6-12(9-11)22(25)26/h4-6,9H,2-3,7-8H2,1H3,(H,20,23). The summed E-state index contributed by atoms with van der Waals surface area (Å²) in [4.78, 5) is 42.3.